The van der Waals surface area contributed by atoms with Crippen molar-refractivity contribution in [2.24, 2.45) is 0 Å². The van der Waals surface area contributed by atoms with Gasteiger partial charge in [0.25, 0.3) is 0 Å². The number of phenolic OH excluding ortho intramolecular Hbond substituents is 1. The molecular formula is C46H53ClN6O8. The van der Waals surface area contributed by atoms with Crippen LogP contribution in [0, 0.1) is 0 Å². The minimum Gasteiger partial charge on any atom is -0.504 e. The smallest absolute Gasteiger partial charge is 0.411 e. The molecule has 322 valence electrons. The van der Waals surface area contributed by atoms with Gasteiger partial charge < -0.3 is 45.1 Å². The van der Waals surface area contributed by atoms with E-state index < -0.39 is 17.8 Å². The zero-order chi connectivity index (χ0) is 43.3. The standard InChI is InChI=1S/C46H53ClN6O8/c1-52(43(57)21-25-53-23-19-33(20-24-53)61-46(59)50-38-13-7-6-12-34(38)30-10-4-3-5-11-30)22-9-8-14-41(55)49-32-16-15-31(40(26-32)60-2)28-48-29-39(54)36-27-37(47)45(58)44-35(36)17-18-42(56)51-44/h3-7,10-13,15-18,26-27,33,39,48,54,58H,8-9,14,19-25,28-29H2,1-2H3,(H,49,55)(H,50,59)(H,51,56)/t39-/m0/s1. The molecule has 5 aromatic rings. The molecule has 3 amide bonds. The van der Waals surface area contributed by atoms with Crippen LogP contribution >= 0.6 is 11.6 Å². The van der Waals surface area contributed by atoms with Crippen molar-refractivity contribution >= 4 is 51.8 Å². The van der Waals surface area contributed by atoms with Gasteiger partial charge in [-0.3, -0.25) is 19.7 Å². The second-order valence-corrected chi connectivity index (χ2v) is 15.5. The summed E-state index contributed by atoms with van der Waals surface area (Å²) in [5.41, 5.74) is 4.23. The normalized spacial score (nSPS) is 13.7. The van der Waals surface area contributed by atoms with Crippen molar-refractivity contribution in [1.82, 2.24) is 20.1 Å². The van der Waals surface area contributed by atoms with Gasteiger partial charge in [-0.05, 0) is 61.1 Å². The lowest BCUT2D eigenvalue weighted by atomic mass is 10.0. The lowest BCUT2D eigenvalue weighted by Crippen LogP contribution is -2.40. The highest BCUT2D eigenvalue weighted by molar-refractivity contribution is 6.33. The molecule has 1 aliphatic heterocycles. The predicted octanol–water partition coefficient (Wildman–Crippen LogP) is 7.06. The largest absolute Gasteiger partial charge is 0.504 e. The SMILES string of the molecule is COc1cc(NC(=O)CCCCN(C)C(=O)CCN2CCC(OC(=O)Nc3ccccc3-c3ccccc3)CC2)ccc1CNC[C@H](O)c1cc(Cl)c(O)c2[nH]c(=O)ccc12. The molecule has 0 radical (unpaired) electrons. The number of piperidine rings is 1. The van der Waals surface area contributed by atoms with Gasteiger partial charge in [0.1, 0.15) is 11.9 Å². The number of carbonyl (C=O) groups is 3. The highest BCUT2D eigenvalue weighted by Gasteiger charge is 2.24. The number of hydrogen-bond donors (Lipinski definition) is 6. The molecule has 14 nitrogen and oxygen atoms in total. The first-order chi connectivity index (χ1) is 29.5. The van der Waals surface area contributed by atoms with Crippen molar-refractivity contribution in [1.29, 1.82) is 0 Å². The summed E-state index contributed by atoms with van der Waals surface area (Å²) < 4.78 is 11.3. The Kier molecular flexibility index (Phi) is 15.8. The number of H-pyrrole nitrogens is 1. The maximum Gasteiger partial charge on any atom is 0.411 e. The number of amides is 3. The molecule has 1 saturated heterocycles. The third-order valence-corrected chi connectivity index (χ3v) is 11.1. The number of methoxy groups -OCH3 is 1. The van der Waals surface area contributed by atoms with Gasteiger partial charge >= 0.3 is 6.09 Å². The predicted molar refractivity (Wildman–Crippen MR) is 237 cm³/mol. The molecule has 1 atom stereocenters. The second kappa shape index (κ2) is 21.5. The molecule has 1 fully saturated rings. The summed E-state index contributed by atoms with van der Waals surface area (Å²) >= 11 is 6.16. The summed E-state index contributed by atoms with van der Waals surface area (Å²) in [7, 11) is 3.32. The van der Waals surface area contributed by atoms with E-state index >= 15 is 0 Å². The Morgan fingerprint density at radius 3 is 2.48 bits per heavy atom. The average Bonchev–Trinajstić information content (AvgIpc) is 3.26. The number of ether oxygens (including phenoxy) is 2. The van der Waals surface area contributed by atoms with Gasteiger partial charge in [0.15, 0.2) is 5.75 Å². The highest BCUT2D eigenvalue weighted by atomic mass is 35.5. The number of phenols is 1. The number of hydrogen-bond acceptors (Lipinski definition) is 10. The zero-order valence-corrected chi connectivity index (χ0v) is 35.2. The molecule has 0 aliphatic carbocycles. The molecule has 4 aromatic carbocycles. The van der Waals surface area contributed by atoms with Crippen LogP contribution in [-0.4, -0.2) is 95.9 Å². The lowest BCUT2D eigenvalue weighted by molar-refractivity contribution is -0.130. The number of carbonyl (C=O) groups excluding carboxylic acids is 3. The Hall–Kier alpha value is -5.93. The van der Waals surface area contributed by atoms with Crippen molar-refractivity contribution in [3.05, 3.63) is 117 Å². The van der Waals surface area contributed by atoms with Gasteiger partial charge in [0, 0.05) is 93.5 Å². The first kappa shape index (κ1) is 44.6. The van der Waals surface area contributed by atoms with E-state index in [9.17, 15) is 29.4 Å². The first-order valence-corrected chi connectivity index (χ1v) is 20.8. The highest BCUT2D eigenvalue weighted by Crippen LogP contribution is 2.36. The van der Waals surface area contributed by atoms with Gasteiger partial charge in [0.2, 0.25) is 17.4 Å². The Morgan fingerprint density at radius 2 is 1.70 bits per heavy atom. The number of halogens is 1. The van der Waals surface area contributed by atoms with Gasteiger partial charge in [-0.2, -0.15) is 0 Å². The van der Waals surface area contributed by atoms with Crippen molar-refractivity contribution in [2.45, 2.75) is 57.3 Å². The summed E-state index contributed by atoms with van der Waals surface area (Å²) in [5.74, 6) is 0.196. The molecule has 1 aliphatic rings. The average molecular weight is 853 g/mol. The van der Waals surface area contributed by atoms with Crippen LogP contribution in [0.5, 0.6) is 11.5 Å². The molecular weight excluding hydrogens is 800 g/mol. The first-order valence-electron chi connectivity index (χ1n) is 20.5. The molecule has 6 N–H and O–H groups in total. The Bertz CT molecular complexity index is 2350. The van der Waals surface area contributed by atoms with Crippen LogP contribution in [0.1, 0.15) is 55.8 Å². The lowest BCUT2D eigenvalue weighted by Gasteiger charge is -2.31. The minimum absolute atomic E-state index is 0.0133. The number of aromatic amines is 1. The van der Waals surface area contributed by atoms with Crippen LogP contribution in [-0.2, 0) is 20.9 Å². The number of rotatable bonds is 18. The fourth-order valence-electron chi connectivity index (χ4n) is 7.43. The van der Waals surface area contributed by atoms with E-state index in [0.29, 0.717) is 86.2 Å². The Balaban J connectivity index is 0.849. The number of aromatic hydroxyl groups is 1. The summed E-state index contributed by atoms with van der Waals surface area (Å²) in [4.78, 5) is 56.7. The van der Waals surface area contributed by atoms with Gasteiger partial charge in [-0.1, -0.05) is 66.2 Å². The third-order valence-electron chi connectivity index (χ3n) is 10.8. The Labute approximate surface area is 359 Å². The summed E-state index contributed by atoms with van der Waals surface area (Å²) in [5, 5.41) is 30.8. The van der Waals surface area contributed by atoms with E-state index in [1.165, 1.54) is 25.3 Å². The van der Waals surface area contributed by atoms with E-state index in [0.717, 1.165) is 29.8 Å². The summed E-state index contributed by atoms with van der Waals surface area (Å²) in [6.45, 7) is 3.14. The van der Waals surface area contributed by atoms with Crippen LogP contribution in [0.2, 0.25) is 5.02 Å². The zero-order valence-electron chi connectivity index (χ0n) is 34.4. The topological polar surface area (TPSA) is 186 Å². The van der Waals surface area contributed by atoms with Gasteiger partial charge in [-0.15, -0.1) is 0 Å². The van der Waals surface area contributed by atoms with E-state index in [1.807, 2.05) is 60.7 Å². The molecule has 0 unspecified atom stereocenters. The van der Waals surface area contributed by atoms with Crippen molar-refractivity contribution < 1.29 is 34.1 Å². The van der Waals surface area contributed by atoms with E-state index in [4.69, 9.17) is 21.1 Å². The van der Waals surface area contributed by atoms with Crippen molar-refractivity contribution in [2.75, 3.05) is 57.5 Å². The number of aliphatic hydroxyl groups excluding tert-OH is 1. The number of pyridine rings is 1. The number of likely N-dealkylation sites (tertiary alicyclic amines) is 1. The Morgan fingerprint density at radius 1 is 0.951 bits per heavy atom. The van der Waals surface area contributed by atoms with Crippen LogP contribution < -0.4 is 26.2 Å². The monoisotopic (exact) mass is 852 g/mol. The van der Waals surface area contributed by atoms with Crippen molar-refractivity contribution in [3.8, 4) is 22.6 Å². The van der Waals surface area contributed by atoms with Crippen LogP contribution in [0.15, 0.2) is 95.8 Å². The number of aliphatic hydroxyl groups is 1. The fourth-order valence-corrected chi connectivity index (χ4v) is 7.64. The molecule has 0 saturated carbocycles. The molecule has 61 heavy (non-hydrogen) atoms. The third kappa shape index (κ3) is 12.3. The molecule has 0 bridgehead atoms. The minimum atomic E-state index is -0.997. The number of fused-ring (bicyclic) bond motifs is 1. The number of benzene rings is 4. The van der Waals surface area contributed by atoms with Gasteiger partial charge in [-0.25, -0.2) is 4.79 Å². The van der Waals surface area contributed by atoms with Gasteiger partial charge in [0.05, 0.1) is 29.4 Å². The molecule has 6 rings (SSSR count). The second-order valence-electron chi connectivity index (χ2n) is 15.1. The summed E-state index contributed by atoms with van der Waals surface area (Å²) in [6, 6.07) is 27.2. The van der Waals surface area contributed by atoms with Crippen LogP contribution in [0.25, 0.3) is 22.0 Å². The number of aromatic nitrogens is 1. The maximum atomic E-state index is 12.9. The number of para-hydroxylation sites is 1. The quantitative estimate of drug-likeness (QED) is 0.0499. The summed E-state index contributed by atoms with van der Waals surface area (Å²) in [6.07, 6.45) is 1.71. The van der Waals surface area contributed by atoms with E-state index in [-0.39, 0.29) is 40.8 Å². The molecule has 2 heterocycles. The fraction of sp³-hybridized carbons (Fsp3) is 0.348. The van der Waals surface area contributed by atoms with Crippen LogP contribution in [0.4, 0.5) is 16.2 Å². The number of unbranched alkanes of at least 4 members (excludes halogenated alkanes) is 1. The number of anilines is 2. The molecule has 15 heteroatoms. The van der Waals surface area contributed by atoms with E-state index in [1.54, 1.807) is 24.1 Å². The van der Waals surface area contributed by atoms with E-state index in [2.05, 4.69) is 25.8 Å². The number of nitrogens with one attached hydrogen (secondary N) is 4. The maximum absolute atomic E-state index is 12.9. The molecule has 1 aromatic heterocycles. The molecule has 0 spiro atoms. The number of nitrogens with zero attached hydrogens (tertiary/aromatic N) is 2. The van der Waals surface area contributed by atoms with Crippen molar-refractivity contribution in [3.63, 3.8) is 0 Å². The van der Waals surface area contributed by atoms with Crippen LogP contribution in [0.3, 0.4) is 0 Å².